The summed E-state index contributed by atoms with van der Waals surface area (Å²) in [7, 11) is 1.51. The molecule has 6 nitrogen and oxygen atoms in total. The van der Waals surface area contributed by atoms with Gasteiger partial charge in [-0.1, -0.05) is 32.4 Å². The van der Waals surface area contributed by atoms with Crippen LogP contribution in [0.15, 0.2) is 24.3 Å². The number of ether oxygens (including phenoxy) is 1. The molecule has 0 aliphatic carbocycles. The van der Waals surface area contributed by atoms with Crippen LogP contribution in [0.4, 0.5) is 0 Å². The number of rotatable bonds is 7. The van der Waals surface area contributed by atoms with E-state index in [1.165, 1.54) is 14.0 Å². The minimum Gasteiger partial charge on any atom is -0.496 e. The fraction of sp³-hybridized carbons (Fsp3) is 0.550. The number of hydrogen-bond acceptors (Lipinski definition) is 4. The largest absolute Gasteiger partial charge is 0.496 e. The van der Waals surface area contributed by atoms with Gasteiger partial charge in [0.25, 0.3) is 5.91 Å². The number of carbonyl (C=O) groups is 3. The molecule has 1 N–H and O–H groups in total. The third-order valence-electron chi connectivity index (χ3n) is 5.12. The Bertz CT molecular complexity index is 674. The number of ketones is 1. The first-order valence-corrected chi connectivity index (χ1v) is 9.15. The molecule has 1 aromatic carbocycles. The molecule has 142 valence electrons. The average Bonchev–Trinajstić information content (AvgIpc) is 3.14. The second-order valence-electron chi connectivity index (χ2n) is 6.84. The summed E-state index contributed by atoms with van der Waals surface area (Å²) in [5.74, 6) is -0.118. The number of nitrogens with one attached hydrogen (secondary N) is 1. The zero-order valence-electron chi connectivity index (χ0n) is 16.0. The van der Waals surface area contributed by atoms with Gasteiger partial charge in [0.05, 0.1) is 18.7 Å². The van der Waals surface area contributed by atoms with Crippen molar-refractivity contribution in [2.24, 2.45) is 5.92 Å². The summed E-state index contributed by atoms with van der Waals surface area (Å²) < 4.78 is 5.24. The molecule has 1 fully saturated rings. The molecule has 1 aliphatic rings. The second kappa shape index (κ2) is 8.83. The van der Waals surface area contributed by atoms with Crippen molar-refractivity contribution in [1.82, 2.24) is 10.2 Å². The zero-order chi connectivity index (χ0) is 19.3. The summed E-state index contributed by atoms with van der Waals surface area (Å²) in [6.07, 6.45) is 2.24. The fourth-order valence-electron chi connectivity index (χ4n) is 3.37. The van der Waals surface area contributed by atoms with Gasteiger partial charge < -0.3 is 15.0 Å². The van der Waals surface area contributed by atoms with Crippen molar-refractivity contribution in [2.75, 3.05) is 13.7 Å². The van der Waals surface area contributed by atoms with Crippen LogP contribution in [0.5, 0.6) is 5.75 Å². The number of likely N-dealkylation sites (tertiary alicyclic amines) is 1. The highest BCUT2D eigenvalue weighted by atomic mass is 16.5. The molecule has 0 radical (unpaired) electrons. The van der Waals surface area contributed by atoms with Gasteiger partial charge in [-0.2, -0.15) is 0 Å². The zero-order valence-corrected chi connectivity index (χ0v) is 16.0. The number of carbonyl (C=O) groups excluding carboxylic acids is 3. The van der Waals surface area contributed by atoms with E-state index in [1.807, 2.05) is 13.8 Å². The second-order valence-corrected chi connectivity index (χ2v) is 6.84. The van der Waals surface area contributed by atoms with Crippen molar-refractivity contribution in [2.45, 2.75) is 52.1 Å². The summed E-state index contributed by atoms with van der Waals surface area (Å²) in [6, 6.07) is 5.87. The highest BCUT2D eigenvalue weighted by molar-refractivity contribution is 6.00. The molecular weight excluding hydrogens is 332 g/mol. The molecular formula is C20H28N2O4. The van der Waals surface area contributed by atoms with Crippen LogP contribution in [0.3, 0.4) is 0 Å². The van der Waals surface area contributed by atoms with Crippen LogP contribution in [0.1, 0.15) is 50.4 Å². The molecule has 2 rings (SSSR count). The Morgan fingerprint density at radius 2 is 2.00 bits per heavy atom. The summed E-state index contributed by atoms with van der Waals surface area (Å²) in [5, 5.41) is 2.87. The third-order valence-corrected chi connectivity index (χ3v) is 5.12. The summed E-state index contributed by atoms with van der Waals surface area (Å²) >= 11 is 0. The van der Waals surface area contributed by atoms with E-state index in [4.69, 9.17) is 4.74 Å². The highest BCUT2D eigenvalue weighted by Crippen LogP contribution is 2.23. The number of benzene rings is 1. The van der Waals surface area contributed by atoms with E-state index in [0.717, 1.165) is 12.8 Å². The van der Waals surface area contributed by atoms with E-state index < -0.39 is 6.04 Å². The molecule has 1 unspecified atom stereocenters. The van der Waals surface area contributed by atoms with Crippen molar-refractivity contribution >= 4 is 17.6 Å². The maximum Gasteiger partial charge on any atom is 0.255 e. The molecule has 2 amide bonds. The first kappa shape index (κ1) is 19.9. The number of nitrogens with zero attached hydrogens (tertiary/aromatic N) is 1. The van der Waals surface area contributed by atoms with E-state index in [2.05, 4.69) is 5.32 Å². The Kier molecular flexibility index (Phi) is 6.77. The highest BCUT2D eigenvalue weighted by Gasteiger charge is 2.37. The van der Waals surface area contributed by atoms with Crippen LogP contribution in [0.25, 0.3) is 0 Å². The lowest BCUT2D eigenvalue weighted by atomic mass is 9.96. The van der Waals surface area contributed by atoms with Crippen molar-refractivity contribution < 1.29 is 19.1 Å². The molecule has 1 aliphatic heterocycles. The van der Waals surface area contributed by atoms with Crippen molar-refractivity contribution in [3.63, 3.8) is 0 Å². The van der Waals surface area contributed by atoms with Gasteiger partial charge in [0.15, 0.2) is 5.78 Å². The molecule has 0 spiro atoms. The SMILES string of the molecule is CCC(C)[C@H](NC(=O)c1ccccc1OC)C(=O)N1CCC[C@H]1C(C)=O. The number of para-hydroxylation sites is 1. The molecule has 1 aromatic rings. The predicted molar refractivity (Wildman–Crippen MR) is 99.1 cm³/mol. The molecule has 0 saturated carbocycles. The molecule has 6 heteroatoms. The van der Waals surface area contributed by atoms with E-state index in [-0.39, 0.29) is 29.6 Å². The lowest BCUT2D eigenvalue weighted by Crippen LogP contribution is -2.54. The Morgan fingerprint density at radius 3 is 2.62 bits per heavy atom. The number of amides is 2. The van der Waals surface area contributed by atoms with Crippen LogP contribution in [0, 0.1) is 5.92 Å². The van der Waals surface area contributed by atoms with Gasteiger partial charge in [-0.05, 0) is 37.8 Å². The Morgan fingerprint density at radius 1 is 1.31 bits per heavy atom. The van der Waals surface area contributed by atoms with Gasteiger partial charge in [-0.3, -0.25) is 14.4 Å². The Hall–Kier alpha value is -2.37. The molecule has 3 atom stereocenters. The van der Waals surface area contributed by atoms with Gasteiger partial charge in [-0.25, -0.2) is 0 Å². The smallest absolute Gasteiger partial charge is 0.255 e. The monoisotopic (exact) mass is 360 g/mol. The fourth-order valence-corrected chi connectivity index (χ4v) is 3.37. The van der Waals surface area contributed by atoms with Gasteiger partial charge >= 0.3 is 0 Å². The standard InChI is InChI=1S/C20H28N2O4/c1-5-13(2)18(20(25)22-12-8-10-16(22)14(3)23)21-19(24)15-9-6-7-11-17(15)26-4/h6-7,9,11,13,16,18H,5,8,10,12H2,1-4H3,(H,21,24)/t13?,16-,18-/m0/s1. The lowest BCUT2D eigenvalue weighted by Gasteiger charge is -2.31. The quantitative estimate of drug-likeness (QED) is 0.810. The Labute approximate surface area is 154 Å². The number of Topliss-reactive ketones (excluding diaryl/α,β-unsaturated/α-hetero) is 1. The predicted octanol–water partition coefficient (Wildman–Crippen LogP) is 2.42. The molecule has 0 bridgehead atoms. The lowest BCUT2D eigenvalue weighted by molar-refractivity contribution is -0.139. The van der Waals surface area contributed by atoms with Crippen molar-refractivity contribution in [3.8, 4) is 5.75 Å². The maximum atomic E-state index is 13.1. The normalized spacial score (nSPS) is 18.9. The molecule has 1 heterocycles. The van der Waals surface area contributed by atoms with Gasteiger partial charge in [0.1, 0.15) is 11.8 Å². The molecule has 26 heavy (non-hydrogen) atoms. The summed E-state index contributed by atoms with van der Waals surface area (Å²) in [5.41, 5.74) is 0.389. The van der Waals surface area contributed by atoms with E-state index in [1.54, 1.807) is 29.2 Å². The van der Waals surface area contributed by atoms with Crippen LogP contribution in [-0.2, 0) is 9.59 Å². The van der Waals surface area contributed by atoms with Crippen LogP contribution >= 0.6 is 0 Å². The Balaban J connectivity index is 2.23. The van der Waals surface area contributed by atoms with Crippen molar-refractivity contribution in [3.05, 3.63) is 29.8 Å². The summed E-state index contributed by atoms with van der Waals surface area (Å²) in [6.45, 7) is 5.99. The number of hydrogen-bond donors (Lipinski definition) is 1. The minimum atomic E-state index is -0.669. The van der Waals surface area contributed by atoms with Gasteiger partial charge in [0, 0.05) is 6.54 Å². The molecule has 1 saturated heterocycles. The molecule has 0 aromatic heterocycles. The first-order chi connectivity index (χ1) is 12.4. The van der Waals surface area contributed by atoms with Crippen LogP contribution in [0.2, 0.25) is 0 Å². The topological polar surface area (TPSA) is 75.7 Å². The third kappa shape index (κ3) is 4.23. The maximum absolute atomic E-state index is 13.1. The summed E-state index contributed by atoms with van der Waals surface area (Å²) in [4.78, 5) is 39.3. The minimum absolute atomic E-state index is 0.00481. The number of methoxy groups -OCH3 is 1. The first-order valence-electron chi connectivity index (χ1n) is 9.15. The van der Waals surface area contributed by atoms with E-state index in [0.29, 0.717) is 24.3 Å². The van der Waals surface area contributed by atoms with Gasteiger partial charge in [-0.15, -0.1) is 0 Å². The van der Waals surface area contributed by atoms with Crippen LogP contribution in [-0.4, -0.2) is 48.2 Å². The van der Waals surface area contributed by atoms with Crippen molar-refractivity contribution in [1.29, 1.82) is 0 Å². The van der Waals surface area contributed by atoms with E-state index >= 15 is 0 Å². The van der Waals surface area contributed by atoms with E-state index in [9.17, 15) is 14.4 Å². The average molecular weight is 360 g/mol. The van der Waals surface area contributed by atoms with Gasteiger partial charge in [0.2, 0.25) is 5.91 Å². The van der Waals surface area contributed by atoms with Crippen LogP contribution < -0.4 is 10.1 Å².